The molecule has 0 fully saturated rings. The van der Waals surface area contributed by atoms with Crippen molar-refractivity contribution >= 4 is 23.3 Å². The van der Waals surface area contributed by atoms with Crippen LogP contribution in [0.5, 0.6) is 0 Å². The number of esters is 1. The van der Waals surface area contributed by atoms with Gasteiger partial charge >= 0.3 is 5.97 Å². The summed E-state index contributed by atoms with van der Waals surface area (Å²) in [6.45, 7) is -0.327. The van der Waals surface area contributed by atoms with E-state index in [1.54, 1.807) is 18.2 Å². The van der Waals surface area contributed by atoms with Gasteiger partial charge in [-0.2, -0.15) is 0 Å². The van der Waals surface area contributed by atoms with Crippen LogP contribution in [0.2, 0.25) is 0 Å². The summed E-state index contributed by atoms with van der Waals surface area (Å²) in [7, 11) is 1.22. The summed E-state index contributed by atoms with van der Waals surface area (Å²) in [5.41, 5.74) is 0.0685. The number of ether oxygens (including phenoxy) is 1. The third kappa shape index (κ3) is 3.83. The van der Waals surface area contributed by atoms with Crippen molar-refractivity contribution in [1.82, 2.24) is 0 Å². The Bertz CT molecular complexity index is 781. The largest absolute Gasteiger partial charge is 0.465 e. The van der Waals surface area contributed by atoms with Crippen molar-refractivity contribution in [3.63, 3.8) is 0 Å². The zero-order chi connectivity index (χ0) is 17.7. The Labute approximate surface area is 135 Å². The molecule has 8 heteroatoms. The molecule has 2 N–H and O–H groups in total. The summed E-state index contributed by atoms with van der Waals surface area (Å²) in [6.07, 6.45) is 0. The van der Waals surface area contributed by atoms with Crippen LogP contribution < -0.4 is 10.6 Å². The van der Waals surface area contributed by atoms with Crippen LogP contribution in [0, 0.1) is 17.5 Å². The Morgan fingerprint density at radius 2 is 1.71 bits per heavy atom. The molecule has 0 spiro atoms. The number of methoxy groups -OCH3 is 1. The number of hydrogen-bond acceptors (Lipinski definition) is 4. The Morgan fingerprint density at radius 1 is 1.00 bits per heavy atom. The number of amides is 1. The van der Waals surface area contributed by atoms with Gasteiger partial charge in [-0.25, -0.2) is 18.0 Å². The van der Waals surface area contributed by atoms with Crippen LogP contribution in [0.3, 0.4) is 0 Å². The van der Waals surface area contributed by atoms with Crippen molar-refractivity contribution in [2.75, 3.05) is 24.3 Å². The topological polar surface area (TPSA) is 67.4 Å². The number of carbonyl (C=O) groups excluding carboxylic acids is 2. The van der Waals surface area contributed by atoms with E-state index >= 15 is 0 Å². The molecular formula is C16H13F3N2O3. The fraction of sp³-hybridized carbons (Fsp3) is 0.125. The highest BCUT2D eigenvalue weighted by atomic mass is 19.2. The molecule has 0 saturated carbocycles. The highest BCUT2D eigenvalue weighted by Gasteiger charge is 2.16. The molecular weight excluding hydrogens is 325 g/mol. The maximum absolute atomic E-state index is 13.5. The number of halogens is 3. The number of nitrogens with one attached hydrogen (secondary N) is 2. The number of carbonyl (C=O) groups is 2. The van der Waals surface area contributed by atoms with Crippen molar-refractivity contribution in [3.05, 3.63) is 59.4 Å². The molecule has 2 aromatic rings. The lowest BCUT2D eigenvalue weighted by Gasteiger charge is -2.11. The van der Waals surface area contributed by atoms with Crippen molar-refractivity contribution < 1.29 is 27.5 Å². The van der Waals surface area contributed by atoms with Crippen LogP contribution in [0.15, 0.2) is 36.4 Å². The second-order valence-electron chi connectivity index (χ2n) is 4.66. The summed E-state index contributed by atoms with van der Waals surface area (Å²) in [5.74, 6) is -5.81. The minimum Gasteiger partial charge on any atom is -0.465 e. The third-order valence-corrected chi connectivity index (χ3v) is 3.08. The molecule has 2 rings (SSSR count). The minimum absolute atomic E-state index is 0.215. The maximum Gasteiger partial charge on any atom is 0.339 e. The number of para-hydroxylation sites is 1. The second kappa shape index (κ2) is 7.49. The standard InChI is InChI=1S/C16H13F3N2O3/c1-24-16(23)9-4-2-3-5-11(9)20-8-13(22)21-12-7-6-10(17)14(18)15(12)19/h2-7,20H,8H2,1H3,(H,21,22). The normalized spacial score (nSPS) is 10.2. The molecule has 0 radical (unpaired) electrons. The van der Waals surface area contributed by atoms with Crippen molar-refractivity contribution in [2.45, 2.75) is 0 Å². The van der Waals surface area contributed by atoms with Crippen LogP contribution in [0.1, 0.15) is 10.4 Å². The fourth-order valence-electron chi connectivity index (χ4n) is 1.92. The van der Waals surface area contributed by atoms with Crippen LogP contribution >= 0.6 is 0 Å². The van der Waals surface area contributed by atoms with Gasteiger partial charge in [0.25, 0.3) is 0 Å². The van der Waals surface area contributed by atoms with E-state index in [0.29, 0.717) is 11.8 Å². The summed E-state index contributed by atoms with van der Waals surface area (Å²) < 4.78 is 44.0. The van der Waals surface area contributed by atoms with E-state index in [-0.39, 0.29) is 12.1 Å². The SMILES string of the molecule is COC(=O)c1ccccc1NCC(=O)Nc1ccc(F)c(F)c1F. The maximum atomic E-state index is 13.5. The van der Waals surface area contributed by atoms with Gasteiger partial charge in [0.2, 0.25) is 5.91 Å². The van der Waals surface area contributed by atoms with Gasteiger partial charge in [-0.1, -0.05) is 12.1 Å². The lowest BCUT2D eigenvalue weighted by Crippen LogP contribution is -2.23. The quantitative estimate of drug-likeness (QED) is 0.650. The number of anilines is 2. The molecule has 0 atom stereocenters. The Balaban J connectivity index is 2.05. The molecule has 0 aromatic heterocycles. The van der Waals surface area contributed by atoms with Gasteiger partial charge < -0.3 is 15.4 Å². The molecule has 2 aromatic carbocycles. The van der Waals surface area contributed by atoms with Gasteiger partial charge in [-0.15, -0.1) is 0 Å². The van der Waals surface area contributed by atoms with Crippen molar-refractivity contribution in [3.8, 4) is 0 Å². The summed E-state index contributed by atoms with van der Waals surface area (Å²) in [4.78, 5) is 23.4. The van der Waals surface area contributed by atoms with Gasteiger partial charge in [-0.3, -0.25) is 4.79 Å². The van der Waals surface area contributed by atoms with E-state index in [0.717, 1.165) is 6.07 Å². The Morgan fingerprint density at radius 3 is 2.42 bits per heavy atom. The number of benzene rings is 2. The van der Waals surface area contributed by atoms with E-state index in [1.165, 1.54) is 13.2 Å². The van der Waals surface area contributed by atoms with Crippen LogP contribution in [-0.4, -0.2) is 25.5 Å². The van der Waals surface area contributed by atoms with Gasteiger partial charge in [0, 0.05) is 5.69 Å². The first kappa shape index (κ1) is 17.3. The van der Waals surface area contributed by atoms with E-state index in [2.05, 4.69) is 15.4 Å². The van der Waals surface area contributed by atoms with Gasteiger partial charge in [0.15, 0.2) is 17.5 Å². The van der Waals surface area contributed by atoms with Gasteiger partial charge in [0.1, 0.15) is 0 Å². The summed E-state index contributed by atoms with van der Waals surface area (Å²) in [5, 5.41) is 4.80. The highest BCUT2D eigenvalue weighted by Crippen LogP contribution is 2.20. The molecule has 0 heterocycles. The molecule has 0 unspecified atom stereocenters. The summed E-state index contributed by atoms with van der Waals surface area (Å²) in [6, 6.07) is 7.93. The molecule has 0 aliphatic carbocycles. The Hall–Kier alpha value is -3.03. The van der Waals surface area contributed by atoms with Crippen LogP contribution in [-0.2, 0) is 9.53 Å². The second-order valence-corrected chi connectivity index (χ2v) is 4.66. The predicted octanol–water partition coefficient (Wildman–Crippen LogP) is 2.94. The van der Waals surface area contributed by atoms with Crippen molar-refractivity contribution in [2.24, 2.45) is 0 Å². The molecule has 5 nitrogen and oxygen atoms in total. The summed E-state index contributed by atoms with van der Waals surface area (Å²) >= 11 is 0. The minimum atomic E-state index is -1.67. The first-order valence-electron chi connectivity index (χ1n) is 6.78. The molecule has 0 saturated heterocycles. The number of rotatable bonds is 5. The zero-order valence-electron chi connectivity index (χ0n) is 12.5. The van der Waals surface area contributed by atoms with E-state index in [9.17, 15) is 22.8 Å². The average Bonchev–Trinajstić information content (AvgIpc) is 2.60. The van der Waals surface area contributed by atoms with Gasteiger partial charge in [0.05, 0.1) is 24.9 Å². The smallest absolute Gasteiger partial charge is 0.339 e. The molecule has 0 aliphatic rings. The monoisotopic (exact) mass is 338 g/mol. The molecule has 1 amide bonds. The van der Waals surface area contributed by atoms with Crippen molar-refractivity contribution in [1.29, 1.82) is 0 Å². The Kier molecular flexibility index (Phi) is 5.41. The first-order valence-corrected chi connectivity index (χ1v) is 6.78. The number of hydrogen-bond donors (Lipinski definition) is 2. The molecule has 0 aliphatic heterocycles. The lowest BCUT2D eigenvalue weighted by atomic mass is 10.2. The van der Waals surface area contributed by atoms with Gasteiger partial charge in [-0.05, 0) is 24.3 Å². The molecule has 126 valence electrons. The first-order chi connectivity index (χ1) is 11.4. The van der Waals surface area contributed by atoms with E-state index in [4.69, 9.17) is 0 Å². The predicted molar refractivity (Wildman–Crippen MR) is 81.2 cm³/mol. The molecule has 24 heavy (non-hydrogen) atoms. The van der Waals surface area contributed by atoms with E-state index < -0.39 is 35.0 Å². The molecule has 0 bridgehead atoms. The lowest BCUT2D eigenvalue weighted by molar-refractivity contribution is -0.114. The van der Waals surface area contributed by atoms with Crippen LogP contribution in [0.4, 0.5) is 24.5 Å². The van der Waals surface area contributed by atoms with Crippen LogP contribution in [0.25, 0.3) is 0 Å². The van der Waals surface area contributed by atoms with E-state index in [1.807, 2.05) is 0 Å². The third-order valence-electron chi connectivity index (χ3n) is 3.08. The fourth-order valence-corrected chi connectivity index (χ4v) is 1.92. The average molecular weight is 338 g/mol. The highest BCUT2D eigenvalue weighted by molar-refractivity contribution is 5.98. The zero-order valence-corrected chi connectivity index (χ0v) is 12.5.